The number of hydrogen-bond acceptors (Lipinski definition) is 10. The summed E-state index contributed by atoms with van der Waals surface area (Å²) in [5.41, 5.74) is 0. The highest BCUT2D eigenvalue weighted by molar-refractivity contribution is 7.80. The zero-order valence-electron chi connectivity index (χ0n) is 39.9. The molecular formula is C50H95NO11S. The Labute approximate surface area is 384 Å². The van der Waals surface area contributed by atoms with Gasteiger partial charge in [0.2, 0.25) is 5.91 Å². The van der Waals surface area contributed by atoms with Gasteiger partial charge >= 0.3 is 10.4 Å². The Bertz CT molecular complexity index is 1220. The van der Waals surface area contributed by atoms with Gasteiger partial charge in [0.05, 0.1) is 25.4 Å². The van der Waals surface area contributed by atoms with Crippen LogP contribution in [0.2, 0.25) is 0 Å². The van der Waals surface area contributed by atoms with Gasteiger partial charge in [-0.1, -0.05) is 205 Å². The minimum atomic E-state index is -5.09. The van der Waals surface area contributed by atoms with Crippen LogP contribution in [0.4, 0.5) is 0 Å². The minimum absolute atomic E-state index is 0.259. The third kappa shape index (κ3) is 33.7. The van der Waals surface area contributed by atoms with Crippen molar-refractivity contribution in [3.05, 3.63) is 24.3 Å². The highest BCUT2D eigenvalue weighted by Gasteiger charge is 2.48. The smallest absolute Gasteiger partial charge is 0.394 e. The fourth-order valence-electron chi connectivity index (χ4n) is 8.21. The molecule has 0 aliphatic carbocycles. The fraction of sp³-hybridized carbons (Fsp3) is 0.900. The van der Waals surface area contributed by atoms with E-state index in [-0.39, 0.29) is 18.9 Å². The standard InChI is InChI=1S/C50H95NO11S/c1-3-5-7-9-11-13-15-17-18-19-20-21-22-23-24-25-26-27-28-29-31-33-35-37-39-44(53)43(51-46(54)40-38-36-34-32-30-16-14-12-10-8-6-4-2)42-60-50-48(56)49(62-63(57,58)59)47(55)45(41-52)61-50/h12,14,37,39,43-45,47-50,52-53,55-56H,3-11,13,15-36,38,40-42H2,1-2H3,(H,51,54)(H,57,58,59)/b14-12-,39-37+. The Morgan fingerprint density at radius 1 is 0.619 bits per heavy atom. The summed E-state index contributed by atoms with van der Waals surface area (Å²) in [6.07, 6.45) is 39.4. The second kappa shape index (κ2) is 40.8. The van der Waals surface area contributed by atoms with Crippen LogP contribution in [0.15, 0.2) is 24.3 Å². The van der Waals surface area contributed by atoms with Gasteiger partial charge in [0.25, 0.3) is 0 Å². The van der Waals surface area contributed by atoms with Gasteiger partial charge in [0.1, 0.15) is 24.4 Å². The molecule has 0 aromatic heterocycles. The fourth-order valence-corrected chi connectivity index (χ4v) is 8.72. The summed E-state index contributed by atoms with van der Waals surface area (Å²) in [5, 5.41) is 44.8. The Balaban J connectivity index is 2.40. The van der Waals surface area contributed by atoms with E-state index in [1.165, 1.54) is 148 Å². The summed E-state index contributed by atoms with van der Waals surface area (Å²) in [5.74, 6) is -0.271. The maximum absolute atomic E-state index is 13.0. The van der Waals surface area contributed by atoms with Gasteiger partial charge in [-0.2, -0.15) is 8.42 Å². The molecule has 7 unspecified atom stereocenters. The first-order chi connectivity index (χ1) is 30.5. The molecule has 1 aliphatic rings. The minimum Gasteiger partial charge on any atom is -0.394 e. The normalized spacial score (nSPS) is 20.5. The van der Waals surface area contributed by atoms with E-state index in [0.29, 0.717) is 6.42 Å². The maximum Gasteiger partial charge on any atom is 0.397 e. The van der Waals surface area contributed by atoms with Crippen molar-refractivity contribution in [2.75, 3.05) is 13.2 Å². The van der Waals surface area contributed by atoms with E-state index in [1.807, 2.05) is 6.08 Å². The van der Waals surface area contributed by atoms with Crippen LogP contribution in [0, 0.1) is 0 Å². The lowest BCUT2D eigenvalue weighted by atomic mass is 9.99. The van der Waals surface area contributed by atoms with E-state index in [2.05, 4.69) is 35.5 Å². The summed E-state index contributed by atoms with van der Waals surface area (Å²) in [7, 11) is -5.09. The molecule has 1 fully saturated rings. The topological polar surface area (TPSA) is 192 Å². The third-order valence-corrected chi connectivity index (χ3v) is 12.7. The van der Waals surface area contributed by atoms with Gasteiger partial charge in [-0.05, 0) is 44.9 Å². The maximum atomic E-state index is 13.0. The number of allylic oxidation sites excluding steroid dienone is 3. The van der Waals surface area contributed by atoms with Crippen LogP contribution >= 0.6 is 0 Å². The summed E-state index contributed by atoms with van der Waals surface area (Å²) >= 11 is 0. The predicted octanol–water partition coefficient (Wildman–Crippen LogP) is 10.9. The van der Waals surface area contributed by atoms with Crippen molar-refractivity contribution in [2.24, 2.45) is 0 Å². The summed E-state index contributed by atoms with van der Waals surface area (Å²) < 4.78 is 47.6. The van der Waals surface area contributed by atoms with Gasteiger partial charge in [-0.15, -0.1) is 0 Å². The van der Waals surface area contributed by atoms with Crippen molar-refractivity contribution in [3.8, 4) is 0 Å². The van der Waals surface area contributed by atoms with Crippen molar-refractivity contribution in [1.82, 2.24) is 5.32 Å². The molecule has 0 aromatic carbocycles. The van der Waals surface area contributed by atoms with Crippen molar-refractivity contribution >= 4 is 16.3 Å². The molecule has 1 aliphatic heterocycles. The van der Waals surface area contributed by atoms with E-state index < -0.39 is 59.9 Å². The van der Waals surface area contributed by atoms with Gasteiger partial charge in [0.15, 0.2) is 6.29 Å². The van der Waals surface area contributed by atoms with Crippen LogP contribution in [-0.2, 0) is 28.9 Å². The van der Waals surface area contributed by atoms with E-state index in [1.54, 1.807) is 6.08 Å². The zero-order chi connectivity index (χ0) is 46.2. The molecule has 0 spiro atoms. The van der Waals surface area contributed by atoms with Crippen LogP contribution < -0.4 is 5.32 Å². The average Bonchev–Trinajstić information content (AvgIpc) is 3.25. The van der Waals surface area contributed by atoms with Gasteiger partial charge in [-0.3, -0.25) is 9.35 Å². The Hall–Kier alpha value is -1.42. The Kier molecular flexibility index (Phi) is 38.6. The molecule has 0 bridgehead atoms. The lowest BCUT2D eigenvalue weighted by Gasteiger charge is -2.41. The molecule has 1 heterocycles. The van der Waals surface area contributed by atoms with E-state index in [9.17, 15) is 38.2 Å². The molecule has 0 radical (unpaired) electrons. The molecule has 12 nitrogen and oxygen atoms in total. The number of rotatable bonds is 44. The quantitative estimate of drug-likeness (QED) is 0.0194. The van der Waals surface area contributed by atoms with Crippen LogP contribution in [0.5, 0.6) is 0 Å². The monoisotopic (exact) mass is 918 g/mol. The highest BCUT2D eigenvalue weighted by Crippen LogP contribution is 2.26. The largest absolute Gasteiger partial charge is 0.397 e. The van der Waals surface area contributed by atoms with Gasteiger partial charge < -0.3 is 35.2 Å². The third-order valence-electron chi connectivity index (χ3n) is 12.2. The molecule has 0 aromatic rings. The Morgan fingerprint density at radius 2 is 1.02 bits per heavy atom. The van der Waals surface area contributed by atoms with E-state index in [0.717, 1.165) is 57.8 Å². The van der Waals surface area contributed by atoms with Crippen molar-refractivity contribution < 1.29 is 51.8 Å². The van der Waals surface area contributed by atoms with Gasteiger partial charge in [0, 0.05) is 6.42 Å². The molecule has 1 saturated heterocycles. The first-order valence-electron chi connectivity index (χ1n) is 25.7. The van der Waals surface area contributed by atoms with Crippen LogP contribution in [0.3, 0.4) is 0 Å². The molecule has 13 heteroatoms. The number of carbonyl (C=O) groups excluding carboxylic acids is 1. The van der Waals surface area contributed by atoms with E-state index in [4.69, 9.17) is 9.47 Å². The molecule has 1 rings (SSSR count). The van der Waals surface area contributed by atoms with Crippen molar-refractivity contribution in [3.63, 3.8) is 0 Å². The first-order valence-corrected chi connectivity index (χ1v) is 27.1. The molecule has 6 N–H and O–H groups in total. The molecule has 0 saturated carbocycles. The number of nitrogens with one attached hydrogen (secondary N) is 1. The number of ether oxygens (including phenoxy) is 2. The molecule has 7 atom stereocenters. The zero-order valence-corrected chi connectivity index (χ0v) is 40.7. The number of hydrogen-bond donors (Lipinski definition) is 6. The number of aliphatic hydroxyl groups excluding tert-OH is 4. The van der Waals surface area contributed by atoms with Crippen molar-refractivity contribution in [1.29, 1.82) is 0 Å². The molecule has 1 amide bonds. The molecule has 63 heavy (non-hydrogen) atoms. The SMILES string of the molecule is CCCCC/C=C\CCCCCCCC(=O)NC(COC1OC(CO)C(O)C(OS(=O)(=O)O)C1O)C(O)/C=C/CCCCCCCCCCCCCCCCCCCCCCCC. The Morgan fingerprint density at radius 3 is 1.46 bits per heavy atom. The number of amides is 1. The predicted molar refractivity (Wildman–Crippen MR) is 255 cm³/mol. The van der Waals surface area contributed by atoms with E-state index >= 15 is 0 Å². The number of aliphatic hydroxyl groups is 4. The summed E-state index contributed by atoms with van der Waals surface area (Å²) in [4.78, 5) is 13.0. The summed E-state index contributed by atoms with van der Waals surface area (Å²) in [6, 6.07) is -0.946. The van der Waals surface area contributed by atoms with Gasteiger partial charge in [-0.25, -0.2) is 4.18 Å². The second-order valence-corrected chi connectivity index (χ2v) is 19.2. The lowest BCUT2D eigenvalue weighted by molar-refractivity contribution is -0.298. The van der Waals surface area contributed by atoms with Crippen LogP contribution in [0.1, 0.15) is 232 Å². The number of unbranched alkanes of at least 4 members (excludes halogenated alkanes) is 30. The number of carbonyl (C=O) groups is 1. The van der Waals surface area contributed by atoms with Crippen LogP contribution in [-0.4, -0.2) is 95.4 Å². The second-order valence-electron chi connectivity index (χ2n) is 18.1. The average molecular weight is 918 g/mol. The molecule has 372 valence electrons. The first kappa shape index (κ1) is 59.6. The highest BCUT2D eigenvalue weighted by atomic mass is 32.3. The van der Waals surface area contributed by atoms with Crippen molar-refractivity contribution in [2.45, 2.75) is 275 Å². The van der Waals surface area contributed by atoms with Crippen LogP contribution in [0.25, 0.3) is 0 Å². The molecular weight excluding hydrogens is 823 g/mol. The summed E-state index contributed by atoms with van der Waals surface area (Å²) in [6.45, 7) is 3.37. The lowest BCUT2D eigenvalue weighted by Crippen LogP contribution is -2.61.